The van der Waals surface area contributed by atoms with E-state index in [0.29, 0.717) is 19.0 Å². The van der Waals surface area contributed by atoms with Crippen molar-refractivity contribution < 1.29 is 12.8 Å². The summed E-state index contributed by atoms with van der Waals surface area (Å²) < 4.78 is 40.0. The number of nitrogens with one attached hydrogen (secondary N) is 2. The average Bonchev–Trinajstić information content (AvgIpc) is 2.62. The van der Waals surface area contributed by atoms with Gasteiger partial charge in [0.25, 0.3) is 0 Å². The maximum Gasteiger partial charge on any atom is 0.216 e. The third kappa shape index (κ3) is 8.97. The molecular weight excluding hydrogens is 518 g/mol. The minimum Gasteiger partial charge on any atom is -0.352 e. The van der Waals surface area contributed by atoms with Gasteiger partial charge in [0, 0.05) is 33.2 Å². The van der Waals surface area contributed by atoms with Crippen molar-refractivity contribution in [2.75, 3.05) is 14.1 Å². The van der Waals surface area contributed by atoms with Crippen LogP contribution in [0.4, 0.5) is 4.39 Å². The fraction of sp³-hybridized carbons (Fsp3) is 0.381. The molecule has 0 saturated carbocycles. The van der Waals surface area contributed by atoms with E-state index in [9.17, 15) is 12.8 Å². The van der Waals surface area contributed by atoms with Crippen LogP contribution in [0.1, 0.15) is 30.5 Å². The molecule has 0 aliphatic rings. The Labute approximate surface area is 196 Å². The van der Waals surface area contributed by atoms with Gasteiger partial charge in [-0.15, -0.1) is 24.0 Å². The van der Waals surface area contributed by atoms with Crippen molar-refractivity contribution in [1.29, 1.82) is 0 Å². The van der Waals surface area contributed by atoms with Gasteiger partial charge in [0.15, 0.2) is 5.96 Å². The third-order valence-electron chi connectivity index (χ3n) is 4.13. The molecule has 166 valence electrons. The van der Waals surface area contributed by atoms with E-state index >= 15 is 0 Å². The van der Waals surface area contributed by atoms with Crippen LogP contribution in [0.2, 0.25) is 0 Å². The molecule has 0 aliphatic heterocycles. The number of rotatable bonds is 8. The molecule has 2 aromatic carbocycles. The van der Waals surface area contributed by atoms with Crippen LogP contribution >= 0.6 is 24.0 Å². The van der Waals surface area contributed by atoms with Crippen LogP contribution in [0.25, 0.3) is 0 Å². The van der Waals surface area contributed by atoms with Gasteiger partial charge in [-0.2, -0.15) is 0 Å². The Morgan fingerprint density at radius 3 is 2.30 bits per heavy atom. The molecule has 2 aromatic rings. The number of aliphatic imine (C=N–C) groups is 1. The largest absolute Gasteiger partial charge is 0.352 e. The fourth-order valence-electron chi connectivity index (χ4n) is 2.92. The SMILES string of the molecule is CN=C(NCc1ccc(CS(=O)(=O)NC(C)C)cc1)N(C)Cc1cccc(F)c1.I. The summed E-state index contributed by atoms with van der Waals surface area (Å²) in [4.78, 5) is 6.18. The van der Waals surface area contributed by atoms with Crippen LogP contribution < -0.4 is 10.0 Å². The molecule has 0 radical (unpaired) electrons. The topological polar surface area (TPSA) is 73.8 Å². The molecule has 0 spiro atoms. The van der Waals surface area contributed by atoms with E-state index in [1.54, 1.807) is 27.0 Å². The molecular formula is C21H30FIN4O2S. The van der Waals surface area contributed by atoms with E-state index < -0.39 is 10.0 Å². The monoisotopic (exact) mass is 548 g/mol. The van der Waals surface area contributed by atoms with Crippen LogP contribution in [-0.2, 0) is 28.9 Å². The summed E-state index contributed by atoms with van der Waals surface area (Å²) in [7, 11) is 0.241. The summed E-state index contributed by atoms with van der Waals surface area (Å²) in [5, 5.41) is 3.27. The summed E-state index contributed by atoms with van der Waals surface area (Å²) in [6.07, 6.45) is 0. The molecule has 0 fully saturated rings. The highest BCUT2D eigenvalue weighted by molar-refractivity contribution is 14.0. The normalized spacial score (nSPS) is 11.9. The van der Waals surface area contributed by atoms with Gasteiger partial charge in [0.2, 0.25) is 10.0 Å². The van der Waals surface area contributed by atoms with Gasteiger partial charge >= 0.3 is 0 Å². The van der Waals surface area contributed by atoms with Gasteiger partial charge in [-0.3, -0.25) is 4.99 Å². The summed E-state index contributed by atoms with van der Waals surface area (Å²) in [6.45, 7) is 4.66. The number of guanidine groups is 1. The molecule has 0 amide bonds. The molecule has 30 heavy (non-hydrogen) atoms. The number of benzene rings is 2. The highest BCUT2D eigenvalue weighted by Crippen LogP contribution is 2.09. The van der Waals surface area contributed by atoms with E-state index in [-0.39, 0.29) is 41.6 Å². The van der Waals surface area contributed by atoms with Crippen LogP contribution in [-0.4, -0.2) is 39.4 Å². The number of hydrogen-bond acceptors (Lipinski definition) is 3. The highest BCUT2D eigenvalue weighted by Gasteiger charge is 2.13. The van der Waals surface area contributed by atoms with Crippen LogP contribution in [0, 0.1) is 5.82 Å². The first kappa shape index (κ1) is 26.3. The fourth-order valence-corrected chi connectivity index (χ4v) is 4.36. The average molecular weight is 548 g/mol. The Balaban J connectivity index is 0.00000450. The summed E-state index contributed by atoms with van der Waals surface area (Å²) >= 11 is 0. The lowest BCUT2D eigenvalue weighted by Gasteiger charge is -2.22. The van der Waals surface area contributed by atoms with Crippen LogP contribution in [0.15, 0.2) is 53.5 Å². The number of hydrogen-bond donors (Lipinski definition) is 2. The molecule has 0 unspecified atom stereocenters. The molecule has 0 aromatic heterocycles. The van der Waals surface area contributed by atoms with E-state index in [0.717, 1.165) is 16.7 Å². The molecule has 2 rings (SSSR count). The van der Waals surface area contributed by atoms with E-state index in [4.69, 9.17) is 0 Å². The van der Waals surface area contributed by atoms with Crippen LogP contribution in [0.5, 0.6) is 0 Å². The van der Waals surface area contributed by atoms with Gasteiger partial charge in [-0.05, 0) is 42.7 Å². The zero-order valence-electron chi connectivity index (χ0n) is 17.7. The van der Waals surface area contributed by atoms with E-state index in [1.807, 2.05) is 42.3 Å². The Bertz CT molecular complexity index is 934. The zero-order valence-corrected chi connectivity index (χ0v) is 20.9. The standard InChI is InChI=1S/C21H29FN4O2S.HI/c1-16(2)25-29(27,28)15-18-10-8-17(9-11-18)13-24-21(23-3)26(4)14-19-6-5-7-20(22)12-19;/h5-12,16,25H,13-15H2,1-4H3,(H,23,24);1H. The van der Waals surface area contributed by atoms with Crippen molar-refractivity contribution in [2.24, 2.45) is 4.99 Å². The number of nitrogens with zero attached hydrogens (tertiary/aromatic N) is 2. The van der Waals surface area contributed by atoms with Gasteiger partial charge in [-0.1, -0.05) is 36.4 Å². The summed E-state index contributed by atoms with van der Waals surface area (Å²) in [5.41, 5.74) is 2.59. The molecule has 0 heterocycles. The number of sulfonamides is 1. The van der Waals surface area contributed by atoms with Gasteiger partial charge in [0.05, 0.1) is 5.75 Å². The van der Waals surface area contributed by atoms with Gasteiger partial charge in [-0.25, -0.2) is 17.5 Å². The summed E-state index contributed by atoms with van der Waals surface area (Å²) in [6, 6.07) is 13.8. The predicted molar refractivity (Wildman–Crippen MR) is 131 cm³/mol. The molecule has 2 N–H and O–H groups in total. The predicted octanol–water partition coefficient (Wildman–Crippen LogP) is 3.48. The molecule has 0 atom stereocenters. The lowest BCUT2D eigenvalue weighted by atomic mass is 10.1. The second-order valence-corrected chi connectivity index (χ2v) is 8.99. The number of halogens is 2. The van der Waals surface area contributed by atoms with Gasteiger partial charge in [0.1, 0.15) is 5.82 Å². The smallest absolute Gasteiger partial charge is 0.216 e. The lowest BCUT2D eigenvalue weighted by molar-refractivity contribution is 0.474. The Morgan fingerprint density at radius 2 is 1.73 bits per heavy atom. The van der Waals surface area contributed by atoms with Crippen molar-refractivity contribution in [3.05, 3.63) is 71.0 Å². The van der Waals surface area contributed by atoms with Crippen molar-refractivity contribution in [1.82, 2.24) is 14.9 Å². The highest BCUT2D eigenvalue weighted by atomic mass is 127. The lowest BCUT2D eigenvalue weighted by Crippen LogP contribution is -2.38. The molecule has 0 bridgehead atoms. The minimum absolute atomic E-state index is 0. The maximum absolute atomic E-state index is 13.4. The molecule has 6 nitrogen and oxygen atoms in total. The third-order valence-corrected chi connectivity index (χ3v) is 5.67. The first-order valence-corrected chi connectivity index (χ1v) is 11.1. The maximum atomic E-state index is 13.4. The van der Waals surface area contributed by atoms with E-state index in [1.165, 1.54) is 12.1 Å². The van der Waals surface area contributed by atoms with Gasteiger partial charge < -0.3 is 10.2 Å². The quantitative estimate of drug-likeness (QED) is 0.301. The summed E-state index contributed by atoms with van der Waals surface area (Å²) in [5.74, 6) is 0.378. The van der Waals surface area contributed by atoms with Crippen LogP contribution in [0.3, 0.4) is 0 Å². The first-order valence-electron chi connectivity index (χ1n) is 9.42. The van der Waals surface area contributed by atoms with Crippen molar-refractivity contribution >= 4 is 40.0 Å². The van der Waals surface area contributed by atoms with Crippen molar-refractivity contribution in [3.8, 4) is 0 Å². The molecule has 0 aliphatic carbocycles. The second-order valence-electron chi connectivity index (χ2n) is 7.23. The molecule has 9 heteroatoms. The zero-order chi connectivity index (χ0) is 21.4. The minimum atomic E-state index is -3.34. The van der Waals surface area contributed by atoms with E-state index in [2.05, 4.69) is 15.0 Å². The Morgan fingerprint density at radius 1 is 1.10 bits per heavy atom. The first-order chi connectivity index (χ1) is 13.7. The Hall–Kier alpha value is -1.72. The molecule has 0 saturated heterocycles. The second kappa shape index (κ2) is 12.2. The Kier molecular flexibility index (Phi) is 10.7. The van der Waals surface area contributed by atoms with Crippen molar-refractivity contribution in [2.45, 2.75) is 38.7 Å². The van der Waals surface area contributed by atoms with Crippen molar-refractivity contribution in [3.63, 3.8) is 0 Å².